The Bertz CT molecular complexity index is 1200. The number of carbonyl (C=O) groups excluding carboxylic acids is 2. The number of carboxylic acid groups (broad SMARTS) is 2. The molecule has 2 aliphatic heterocycles. The Morgan fingerprint density at radius 2 is 0.969 bits per heavy atom. The predicted octanol–water partition coefficient (Wildman–Crippen LogP) is 0.173. The molecule has 32 heavy (non-hydrogen) atoms. The van der Waals surface area contributed by atoms with Gasteiger partial charge in [0.05, 0.1) is 24.0 Å². The first-order valence-electron chi connectivity index (χ1n) is 8.61. The van der Waals surface area contributed by atoms with E-state index >= 15 is 0 Å². The molecule has 4 N–H and O–H groups in total. The number of benzene rings is 2. The van der Waals surface area contributed by atoms with Gasteiger partial charge in [-0.3, -0.25) is 19.2 Å². The molecular weight excluding hydrogens is 468 g/mol. The van der Waals surface area contributed by atoms with Gasteiger partial charge in [-0.05, 0) is 24.3 Å². The van der Waals surface area contributed by atoms with E-state index < -0.39 is 43.8 Å². The number of carboxylic acids is 2. The van der Waals surface area contributed by atoms with Crippen LogP contribution in [0.3, 0.4) is 0 Å². The van der Waals surface area contributed by atoms with E-state index in [0.29, 0.717) is 0 Å². The standard InChI is InChI=1S/2C7H5NO3S.C4H6O4/c2*9-7-5-3-1-2-4-6(5)12(10,11)8-7;5-3(6)1-2-4(7)8/h2*1-4H,(H,8,9);1-2H2,(H,5,6)(H,7,8). The normalized spacial score (nSPS) is 16.0. The van der Waals surface area contributed by atoms with E-state index in [1.165, 1.54) is 24.3 Å². The molecule has 2 aromatic rings. The molecule has 2 amide bonds. The van der Waals surface area contributed by atoms with Gasteiger partial charge in [-0.25, -0.2) is 26.3 Å². The number of carbonyl (C=O) groups is 4. The van der Waals surface area contributed by atoms with Crippen molar-refractivity contribution in [3.05, 3.63) is 59.7 Å². The van der Waals surface area contributed by atoms with Gasteiger partial charge >= 0.3 is 11.9 Å². The van der Waals surface area contributed by atoms with Crippen LogP contribution < -0.4 is 9.44 Å². The van der Waals surface area contributed by atoms with Gasteiger partial charge in [0, 0.05) is 0 Å². The third-order valence-electron chi connectivity index (χ3n) is 3.85. The fourth-order valence-electron chi connectivity index (χ4n) is 2.45. The molecule has 0 spiro atoms. The summed E-state index contributed by atoms with van der Waals surface area (Å²) < 4.78 is 48.3. The van der Waals surface area contributed by atoms with Crippen LogP contribution in [-0.4, -0.2) is 50.8 Å². The molecule has 14 heteroatoms. The monoisotopic (exact) mass is 484 g/mol. The largest absolute Gasteiger partial charge is 0.481 e. The van der Waals surface area contributed by atoms with E-state index in [1.54, 1.807) is 24.3 Å². The molecule has 170 valence electrons. The molecule has 0 fully saturated rings. The summed E-state index contributed by atoms with van der Waals surface area (Å²) in [5, 5.41) is 15.8. The van der Waals surface area contributed by atoms with Crippen molar-refractivity contribution in [2.24, 2.45) is 0 Å². The Morgan fingerprint density at radius 1 is 0.656 bits per heavy atom. The summed E-state index contributed by atoms with van der Waals surface area (Å²) in [5.41, 5.74) is 0.440. The number of hydrogen-bond acceptors (Lipinski definition) is 8. The summed E-state index contributed by atoms with van der Waals surface area (Å²) in [6.45, 7) is 0. The maximum atomic E-state index is 11.1. The molecule has 2 heterocycles. The van der Waals surface area contributed by atoms with Crippen molar-refractivity contribution in [3.63, 3.8) is 0 Å². The number of nitrogens with one attached hydrogen (secondary N) is 2. The van der Waals surface area contributed by atoms with Crippen LogP contribution in [0.25, 0.3) is 0 Å². The minimum atomic E-state index is -3.55. The van der Waals surface area contributed by atoms with Gasteiger partial charge in [-0.15, -0.1) is 0 Å². The van der Waals surface area contributed by atoms with Crippen molar-refractivity contribution < 1.29 is 46.2 Å². The lowest BCUT2D eigenvalue weighted by Crippen LogP contribution is -2.20. The van der Waals surface area contributed by atoms with Gasteiger partial charge in [0.2, 0.25) is 0 Å². The van der Waals surface area contributed by atoms with Crippen LogP contribution >= 0.6 is 0 Å². The van der Waals surface area contributed by atoms with Crippen molar-refractivity contribution in [2.45, 2.75) is 22.6 Å². The highest BCUT2D eigenvalue weighted by atomic mass is 32.2. The second-order valence-electron chi connectivity index (χ2n) is 6.15. The van der Waals surface area contributed by atoms with Crippen molar-refractivity contribution in [1.29, 1.82) is 0 Å². The van der Waals surface area contributed by atoms with Crippen LogP contribution in [-0.2, 0) is 29.6 Å². The van der Waals surface area contributed by atoms with Crippen LogP contribution in [0.1, 0.15) is 33.6 Å². The Kier molecular flexibility index (Phi) is 7.32. The van der Waals surface area contributed by atoms with Crippen LogP contribution in [0, 0.1) is 0 Å². The van der Waals surface area contributed by atoms with Gasteiger partial charge < -0.3 is 10.2 Å². The van der Waals surface area contributed by atoms with Crippen LogP contribution in [0.5, 0.6) is 0 Å². The molecule has 2 aliphatic rings. The highest BCUT2D eigenvalue weighted by molar-refractivity contribution is 7.91. The van der Waals surface area contributed by atoms with E-state index in [1.807, 2.05) is 9.44 Å². The summed E-state index contributed by atoms with van der Waals surface area (Å²) in [7, 11) is -7.11. The Hall–Kier alpha value is -3.78. The number of sulfonamides is 2. The first-order valence-corrected chi connectivity index (χ1v) is 11.6. The lowest BCUT2D eigenvalue weighted by atomic mass is 10.2. The topological polar surface area (TPSA) is 201 Å². The second kappa shape index (κ2) is 9.57. The zero-order valence-corrected chi connectivity index (χ0v) is 17.6. The quantitative estimate of drug-likeness (QED) is 0.465. The molecule has 4 rings (SSSR count). The molecule has 0 saturated carbocycles. The summed E-state index contributed by atoms with van der Waals surface area (Å²) in [6.07, 6.45) is -0.593. The van der Waals surface area contributed by atoms with Gasteiger partial charge in [0.15, 0.2) is 0 Å². The van der Waals surface area contributed by atoms with E-state index in [4.69, 9.17) is 10.2 Å². The third-order valence-corrected chi connectivity index (χ3v) is 6.63. The summed E-state index contributed by atoms with van der Waals surface area (Å²) in [4.78, 5) is 41.4. The molecule has 12 nitrogen and oxygen atoms in total. The maximum Gasteiger partial charge on any atom is 0.303 e. The highest BCUT2D eigenvalue weighted by Gasteiger charge is 2.32. The zero-order valence-electron chi connectivity index (χ0n) is 16.0. The molecular formula is C18H16N2O10S2. The van der Waals surface area contributed by atoms with Gasteiger partial charge in [-0.1, -0.05) is 24.3 Å². The van der Waals surface area contributed by atoms with E-state index in [2.05, 4.69) is 0 Å². The average Bonchev–Trinajstić information content (AvgIpc) is 3.10. The van der Waals surface area contributed by atoms with Gasteiger partial charge in [0.25, 0.3) is 31.9 Å². The van der Waals surface area contributed by atoms with Crippen molar-refractivity contribution >= 4 is 43.8 Å². The van der Waals surface area contributed by atoms with E-state index in [0.717, 1.165) is 0 Å². The van der Waals surface area contributed by atoms with Gasteiger partial charge in [-0.2, -0.15) is 0 Å². The van der Waals surface area contributed by atoms with Crippen molar-refractivity contribution in [3.8, 4) is 0 Å². The Labute approximate surface area is 182 Å². The average molecular weight is 484 g/mol. The molecule has 2 aromatic carbocycles. The van der Waals surface area contributed by atoms with Crippen molar-refractivity contribution in [1.82, 2.24) is 9.44 Å². The second-order valence-corrected chi connectivity index (χ2v) is 9.45. The lowest BCUT2D eigenvalue weighted by molar-refractivity contribution is -0.143. The number of fused-ring (bicyclic) bond motifs is 2. The van der Waals surface area contributed by atoms with Gasteiger partial charge in [0.1, 0.15) is 9.79 Å². The number of hydrogen-bond donors (Lipinski definition) is 4. The number of rotatable bonds is 3. The number of aliphatic carboxylic acids is 2. The van der Waals surface area contributed by atoms with E-state index in [-0.39, 0.29) is 33.8 Å². The lowest BCUT2D eigenvalue weighted by Gasteiger charge is -1.91. The fraction of sp³-hybridized carbons (Fsp3) is 0.111. The molecule has 0 aromatic heterocycles. The Balaban J connectivity index is 0.000000175. The van der Waals surface area contributed by atoms with Crippen LogP contribution in [0.15, 0.2) is 58.3 Å². The first-order chi connectivity index (χ1) is 14.8. The predicted molar refractivity (Wildman–Crippen MR) is 107 cm³/mol. The minimum Gasteiger partial charge on any atom is -0.481 e. The zero-order chi connectivity index (χ0) is 24.1. The number of amides is 2. The van der Waals surface area contributed by atoms with Crippen LogP contribution in [0.4, 0.5) is 0 Å². The summed E-state index contributed by atoms with van der Waals surface area (Å²) in [6, 6.07) is 12.2. The van der Waals surface area contributed by atoms with Crippen molar-refractivity contribution in [2.75, 3.05) is 0 Å². The Morgan fingerprint density at radius 3 is 1.25 bits per heavy atom. The summed E-state index contributed by atoms with van der Waals surface area (Å²) in [5.74, 6) is -3.25. The van der Waals surface area contributed by atoms with Crippen LogP contribution in [0.2, 0.25) is 0 Å². The molecule has 0 radical (unpaired) electrons. The molecule has 0 saturated heterocycles. The highest BCUT2D eigenvalue weighted by Crippen LogP contribution is 2.21. The fourth-order valence-corrected chi connectivity index (χ4v) is 4.80. The molecule has 0 atom stereocenters. The SMILES string of the molecule is O=C(O)CCC(=O)O.O=C1NS(=O)(=O)c2ccccc21.O=C1NS(=O)(=O)c2ccccc21. The first kappa shape index (κ1) is 24.5. The molecule has 0 aliphatic carbocycles. The molecule has 0 unspecified atom stereocenters. The molecule has 0 bridgehead atoms. The minimum absolute atomic E-state index is 0.0648. The maximum absolute atomic E-state index is 11.1. The van der Waals surface area contributed by atoms with E-state index in [9.17, 15) is 36.0 Å². The third kappa shape index (κ3) is 5.89. The summed E-state index contributed by atoms with van der Waals surface area (Å²) >= 11 is 0. The smallest absolute Gasteiger partial charge is 0.303 e.